The van der Waals surface area contributed by atoms with Gasteiger partial charge in [0.2, 0.25) is 0 Å². The van der Waals surface area contributed by atoms with Gasteiger partial charge < -0.3 is 23.7 Å². The van der Waals surface area contributed by atoms with Crippen LogP contribution in [0.15, 0.2) is 30.3 Å². The van der Waals surface area contributed by atoms with Crippen molar-refractivity contribution in [2.75, 3.05) is 54.4 Å². The molecule has 0 spiro atoms. The molecule has 0 aliphatic rings. The summed E-state index contributed by atoms with van der Waals surface area (Å²) in [5, 5.41) is 0. The lowest BCUT2D eigenvalue weighted by atomic mass is 10.1. The van der Waals surface area contributed by atoms with Gasteiger partial charge in [-0.1, -0.05) is 30.3 Å². The highest BCUT2D eigenvalue weighted by Gasteiger charge is 2.15. The first-order chi connectivity index (χ1) is 12.1. The maximum atomic E-state index is 11.1. The average Bonchev–Trinajstić information content (AvgIpc) is 2.67. The highest BCUT2D eigenvalue weighted by molar-refractivity contribution is 6.40. The molecule has 0 amide bonds. The van der Waals surface area contributed by atoms with Gasteiger partial charge in [-0.15, -0.1) is 0 Å². The first-order valence-electron chi connectivity index (χ1n) is 7.45. The van der Waals surface area contributed by atoms with Crippen LogP contribution in [-0.4, -0.2) is 72.1 Å². The summed E-state index contributed by atoms with van der Waals surface area (Å²) in [6.07, 6.45) is 0. The van der Waals surface area contributed by atoms with E-state index in [2.05, 4.69) is 9.47 Å². The van der Waals surface area contributed by atoms with Crippen molar-refractivity contribution in [2.45, 2.75) is 0 Å². The molecule has 0 atom stereocenters. The summed E-state index contributed by atoms with van der Waals surface area (Å²) >= 11 is 0. The highest BCUT2D eigenvalue weighted by atomic mass is 16.6. The molecule has 1 aromatic rings. The molecule has 0 saturated heterocycles. The molecule has 1 aromatic carbocycles. The number of ether oxygens (including phenoxy) is 5. The molecule has 8 heteroatoms. The van der Waals surface area contributed by atoms with Crippen molar-refractivity contribution in [2.24, 2.45) is 0 Å². The fourth-order valence-electron chi connectivity index (χ4n) is 1.38. The van der Waals surface area contributed by atoms with Crippen molar-refractivity contribution in [3.8, 4) is 0 Å². The minimum atomic E-state index is -0.832. The quantitative estimate of drug-likeness (QED) is 0.264. The molecular formula is C17H24O8. The van der Waals surface area contributed by atoms with Crippen LogP contribution in [0.5, 0.6) is 0 Å². The molecule has 0 bridgehead atoms. The molecule has 0 fully saturated rings. The maximum absolute atomic E-state index is 11.1. The molecule has 140 valence electrons. The normalized spacial score (nSPS) is 9.56. The van der Waals surface area contributed by atoms with E-state index in [0.29, 0.717) is 32.0 Å². The Morgan fingerprint density at radius 3 is 1.96 bits per heavy atom. The molecule has 0 aliphatic carbocycles. The maximum Gasteiger partial charge on any atom is 0.379 e. The predicted octanol–water partition coefficient (Wildman–Crippen LogP) is 0.881. The Balaban J connectivity index is 0.000000462. The van der Waals surface area contributed by atoms with Gasteiger partial charge in [0.1, 0.15) is 6.61 Å². The Labute approximate surface area is 147 Å². The van der Waals surface area contributed by atoms with Crippen LogP contribution in [0.2, 0.25) is 0 Å². The minimum absolute atomic E-state index is 0.0237. The van der Waals surface area contributed by atoms with Crippen LogP contribution in [0.25, 0.3) is 0 Å². The summed E-state index contributed by atoms with van der Waals surface area (Å²) < 4.78 is 23.4. The lowest BCUT2D eigenvalue weighted by Crippen LogP contribution is -2.15. The zero-order valence-electron chi connectivity index (χ0n) is 14.7. The predicted molar refractivity (Wildman–Crippen MR) is 88.3 cm³/mol. The topological polar surface area (TPSA) is 97.4 Å². The molecule has 0 aliphatic heterocycles. The molecule has 0 aromatic heterocycles. The second-order valence-electron chi connectivity index (χ2n) is 4.42. The van der Waals surface area contributed by atoms with Crippen LogP contribution < -0.4 is 0 Å². The number of hydrogen-bond donors (Lipinski definition) is 0. The fraction of sp³-hybridized carbons (Fsp3) is 0.471. The summed E-state index contributed by atoms with van der Waals surface area (Å²) in [4.78, 5) is 32.4. The Hall–Kier alpha value is -2.29. The largest absolute Gasteiger partial charge is 0.467 e. The average molecular weight is 356 g/mol. The van der Waals surface area contributed by atoms with Crippen LogP contribution >= 0.6 is 0 Å². The van der Waals surface area contributed by atoms with Gasteiger partial charge in [0.15, 0.2) is 0 Å². The van der Waals surface area contributed by atoms with Crippen LogP contribution in [0, 0.1) is 0 Å². The number of carbonyl (C=O) groups is 3. The van der Waals surface area contributed by atoms with E-state index < -0.39 is 11.8 Å². The molecule has 1 rings (SSSR count). The number of ketones is 1. The van der Waals surface area contributed by atoms with E-state index in [4.69, 9.17) is 14.2 Å². The Morgan fingerprint density at radius 2 is 1.40 bits per heavy atom. The standard InChI is InChI=1S/C9H8O3.C8H16O5/c1-12-9(11)8(10)7-5-3-2-4-6-7;1-10-3-4-12-5-6-13-7-8(9)11-2/h2-6H,1H3;3-7H2,1-2H3. The summed E-state index contributed by atoms with van der Waals surface area (Å²) in [7, 11) is 4.11. The van der Waals surface area contributed by atoms with Crippen LogP contribution in [0.4, 0.5) is 0 Å². The minimum Gasteiger partial charge on any atom is -0.467 e. The van der Waals surface area contributed by atoms with E-state index >= 15 is 0 Å². The SMILES string of the molecule is COC(=O)C(=O)c1ccccc1.COCCOCCOCC(=O)OC. The fourth-order valence-corrected chi connectivity index (χ4v) is 1.38. The number of Topliss-reactive ketones (excluding diaryl/α,β-unsaturated/α-hetero) is 1. The van der Waals surface area contributed by atoms with Gasteiger partial charge in [0.25, 0.3) is 5.78 Å². The number of benzene rings is 1. The zero-order valence-corrected chi connectivity index (χ0v) is 14.7. The molecule has 0 heterocycles. The molecule has 0 saturated carbocycles. The lowest BCUT2D eigenvalue weighted by Gasteiger charge is -2.03. The molecule has 8 nitrogen and oxygen atoms in total. The second-order valence-corrected chi connectivity index (χ2v) is 4.42. The van der Waals surface area contributed by atoms with Crippen LogP contribution in [0.1, 0.15) is 10.4 Å². The Bertz CT molecular complexity index is 501. The number of hydrogen-bond acceptors (Lipinski definition) is 8. The van der Waals surface area contributed by atoms with Crippen LogP contribution in [0.3, 0.4) is 0 Å². The van der Waals surface area contributed by atoms with Crippen molar-refractivity contribution in [1.29, 1.82) is 0 Å². The van der Waals surface area contributed by atoms with E-state index in [9.17, 15) is 14.4 Å². The van der Waals surface area contributed by atoms with Crippen molar-refractivity contribution in [1.82, 2.24) is 0 Å². The van der Waals surface area contributed by atoms with Crippen molar-refractivity contribution in [3.05, 3.63) is 35.9 Å². The number of rotatable bonds is 10. The summed E-state index contributed by atoms with van der Waals surface area (Å²) in [5.41, 5.74) is 0.351. The van der Waals surface area contributed by atoms with Gasteiger partial charge in [0.05, 0.1) is 40.6 Å². The van der Waals surface area contributed by atoms with Crippen molar-refractivity contribution < 1.29 is 38.1 Å². The number of esters is 2. The summed E-state index contributed by atoms with van der Waals surface area (Å²) in [5.74, 6) is -1.82. The van der Waals surface area contributed by atoms with Crippen LogP contribution in [-0.2, 0) is 33.3 Å². The Morgan fingerprint density at radius 1 is 0.800 bits per heavy atom. The molecule has 25 heavy (non-hydrogen) atoms. The molecule has 0 unspecified atom stereocenters. The van der Waals surface area contributed by atoms with E-state index in [1.54, 1.807) is 37.4 Å². The van der Waals surface area contributed by atoms with Crippen molar-refractivity contribution >= 4 is 17.7 Å². The molecule has 0 N–H and O–H groups in total. The van der Waals surface area contributed by atoms with Gasteiger partial charge >= 0.3 is 11.9 Å². The number of carbonyl (C=O) groups excluding carboxylic acids is 3. The van der Waals surface area contributed by atoms with E-state index in [0.717, 1.165) is 0 Å². The third kappa shape index (κ3) is 11.8. The third-order valence-corrected chi connectivity index (χ3v) is 2.66. The van der Waals surface area contributed by atoms with Gasteiger partial charge in [-0.3, -0.25) is 4.79 Å². The monoisotopic (exact) mass is 356 g/mol. The van der Waals surface area contributed by atoms with E-state index in [1.165, 1.54) is 14.2 Å². The zero-order chi connectivity index (χ0) is 18.9. The molecular weight excluding hydrogens is 332 g/mol. The van der Waals surface area contributed by atoms with E-state index in [1.807, 2.05) is 0 Å². The first-order valence-corrected chi connectivity index (χ1v) is 7.45. The smallest absolute Gasteiger partial charge is 0.379 e. The van der Waals surface area contributed by atoms with Crippen molar-refractivity contribution in [3.63, 3.8) is 0 Å². The number of methoxy groups -OCH3 is 3. The van der Waals surface area contributed by atoms with Gasteiger partial charge in [-0.25, -0.2) is 9.59 Å². The van der Waals surface area contributed by atoms with Gasteiger partial charge in [-0.05, 0) is 0 Å². The third-order valence-electron chi connectivity index (χ3n) is 2.66. The van der Waals surface area contributed by atoms with E-state index in [-0.39, 0.29) is 12.6 Å². The summed E-state index contributed by atoms with van der Waals surface area (Å²) in [6, 6.07) is 8.29. The van der Waals surface area contributed by atoms with Gasteiger partial charge in [-0.2, -0.15) is 0 Å². The first kappa shape index (κ1) is 22.7. The van der Waals surface area contributed by atoms with Gasteiger partial charge in [0, 0.05) is 12.7 Å². The molecule has 0 radical (unpaired) electrons. The Kier molecular flexibility index (Phi) is 13.9. The second kappa shape index (κ2) is 15.3. The lowest BCUT2D eigenvalue weighted by molar-refractivity contribution is -0.146. The highest BCUT2D eigenvalue weighted by Crippen LogP contribution is 2.00. The summed E-state index contributed by atoms with van der Waals surface area (Å²) in [6.45, 7) is 1.93.